The van der Waals surface area contributed by atoms with Crippen molar-refractivity contribution in [1.82, 2.24) is 9.55 Å². The van der Waals surface area contributed by atoms with Gasteiger partial charge in [-0.1, -0.05) is 53.5 Å². The molecule has 0 saturated heterocycles. The topological polar surface area (TPSA) is 146 Å². The van der Waals surface area contributed by atoms with Gasteiger partial charge in [0.25, 0.3) is 5.56 Å². The summed E-state index contributed by atoms with van der Waals surface area (Å²) in [7, 11) is 1.29. The Morgan fingerprint density at radius 1 is 1.10 bits per heavy atom. The molecule has 0 aliphatic carbocycles. The summed E-state index contributed by atoms with van der Waals surface area (Å²) in [5.41, 5.74) is 7.86. The summed E-state index contributed by atoms with van der Waals surface area (Å²) < 4.78 is 5.98. The molecule has 210 valence electrons. The normalized spacial score (nSPS) is 12.0. The molecule has 0 saturated carbocycles. The Hall–Kier alpha value is -4.64. The molecule has 0 bridgehead atoms. The van der Waals surface area contributed by atoms with Crippen LogP contribution in [0.2, 0.25) is 5.02 Å². The number of nitrogens with one attached hydrogen (secondary N) is 1. The zero-order chi connectivity index (χ0) is 29.5. The molecule has 0 aliphatic heterocycles. The number of hydrazine groups is 1. The van der Waals surface area contributed by atoms with Crippen LogP contribution in [-0.2, 0) is 16.0 Å². The number of esters is 1. The van der Waals surface area contributed by atoms with E-state index >= 15 is 0 Å². The maximum atomic E-state index is 13.5. The van der Waals surface area contributed by atoms with E-state index in [0.717, 1.165) is 5.56 Å². The first-order chi connectivity index (χ1) is 19.7. The molecule has 0 radical (unpaired) electrons. The van der Waals surface area contributed by atoms with Gasteiger partial charge in [-0.25, -0.2) is 15.6 Å². The van der Waals surface area contributed by atoms with Crippen molar-refractivity contribution >= 4 is 46.5 Å². The number of carbonyl (C=O) groups excluding carboxylic acids is 2. The Bertz CT molecular complexity index is 1640. The molecular weight excluding hydrogens is 567 g/mol. The van der Waals surface area contributed by atoms with Gasteiger partial charge in [-0.05, 0) is 48.0 Å². The van der Waals surface area contributed by atoms with Crippen LogP contribution in [0, 0.1) is 0 Å². The average molecular weight is 593 g/mol. The van der Waals surface area contributed by atoms with E-state index in [1.54, 1.807) is 30.3 Å². The van der Waals surface area contributed by atoms with E-state index in [9.17, 15) is 14.4 Å². The molecule has 0 spiro atoms. The van der Waals surface area contributed by atoms with Gasteiger partial charge in [-0.15, -0.1) is 0 Å². The zero-order valence-electron chi connectivity index (χ0n) is 21.8. The third kappa shape index (κ3) is 7.31. The van der Waals surface area contributed by atoms with Crippen molar-refractivity contribution in [1.29, 1.82) is 0 Å². The van der Waals surface area contributed by atoms with Gasteiger partial charge in [-0.2, -0.15) is 0 Å². The van der Waals surface area contributed by atoms with Gasteiger partial charge in [0.05, 0.1) is 36.6 Å². The molecule has 0 aliphatic rings. The fraction of sp³-hybridized carbons (Fsp3) is 0.103. The molecule has 4 rings (SSSR count). The lowest BCUT2D eigenvalue weighted by Crippen LogP contribution is -2.34. The van der Waals surface area contributed by atoms with Crippen molar-refractivity contribution < 1.29 is 14.3 Å². The van der Waals surface area contributed by atoms with E-state index in [0.29, 0.717) is 27.5 Å². The number of hydrogen-bond acceptors (Lipinski definition) is 8. The van der Waals surface area contributed by atoms with Crippen molar-refractivity contribution in [2.45, 2.75) is 12.5 Å². The third-order valence-electron chi connectivity index (χ3n) is 6.09. The monoisotopic (exact) mass is 592 g/mol. The number of aromatic nitrogens is 2. The van der Waals surface area contributed by atoms with Crippen LogP contribution in [0.4, 0.5) is 11.4 Å². The molecule has 1 amide bonds. The number of hydrogen-bond donors (Lipinski definition) is 3. The fourth-order valence-electron chi connectivity index (χ4n) is 4.12. The number of ether oxygens (including phenoxy) is 1. The van der Waals surface area contributed by atoms with Gasteiger partial charge in [-0.3, -0.25) is 19.2 Å². The summed E-state index contributed by atoms with van der Waals surface area (Å²) >= 11 is 12.0. The molecule has 10 nitrogen and oxygen atoms in total. The highest BCUT2D eigenvalue weighted by atomic mass is 35.5. The van der Waals surface area contributed by atoms with Crippen molar-refractivity contribution in [2.24, 2.45) is 11.6 Å². The van der Waals surface area contributed by atoms with Gasteiger partial charge in [0, 0.05) is 28.8 Å². The molecule has 41 heavy (non-hydrogen) atoms. The number of nitrogens with zero attached hydrogens (tertiary/aromatic N) is 3. The van der Waals surface area contributed by atoms with Gasteiger partial charge in [0.1, 0.15) is 11.2 Å². The lowest BCUT2D eigenvalue weighted by Gasteiger charge is -2.21. The summed E-state index contributed by atoms with van der Waals surface area (Å²) in [6.45, 7) is 0. The molecule has 1 atom stereocenters. The number of nitrogens with two attached hydrogens (primary N) is 2. The molecule has 1 unspecified atom stereocenters. The molecule has 5 N–H and O–H groups in total. The predicted octanol–water partition coefficient (Wildman–Crippen LogP) is 4.45. The van der Waals surface area contributed by atoms with Gasteiger partial charge in [0.2, 0.25) is 5.91 Å². The lowest BCUT2D eigenvalue weighted by atomic mass is 10.0. The Morgan fingerprint density at radius 2 is 1.80 bits per heavy atom. The minimum absolute atomic E-state index is 0.0496. The molecule has 1 heterocycles. The smallest absolute Gasteiger partial charge is 0.337 e. The minimum Gasteiger partial charge on any atom is -0.465 e. The van der Waals surface area contributed by atoms with E-state index in [2.05, 4.69) is 10.3 Å². The highest BCUT2D eigenvalue weighted by Gasteiger charge is 2.24. The van der Waals surface area contributed by atoms with Gasteiger partial charge < -0.3 is 15.8 Å². The number of halogens is 2. The second-order valence-electron chi connectivity index (χ2n) is 8.87. The van der Waals surface area contributed by atoms with Crippen LogP contribution >= 0.6 is 23.2 Å². The van der Waals surface area contributed by atoms with Crippen LogP contribution in [0.15, 0.2) is 101 Å². The molecule has 12 heteroatoms. The Morgan fingerprint density at radius 3 is 2.44 bits per heavy atom. The van der Waals surface area contributed by atoms with E-state index in [4.69, 9.17) is 39.5 Å². The van der Waals surface area contributed by atoms with Crippen LogP contribution in [0.3, 0.4) is 0 Å². The second kappa shape index (κ2) is 13.1. The first-order valence-electron chi connectivity index (χ1n) is 12.2. The van der Waals surface area contributed by atoms with Crippen LogP contribution in [0.5, 0.6) is 0 Å². The third-order valence-corrected chi connectivity index (χ3v) is 6.43. The van der Waals surface area contributed by atoms with Gasteiger partial charge >= 0.3 is 5.97 Å². The predicted molar refractivity (Wildman–Crippen MR) is 159 cm³/mol. The SMILES string of the molecule is COC(=O)c1ccc(NC(=O)C(Cc2ccccc2)n2cnc(-c3cc(Cl)ccc3N(N)/C=C(\N)Cl)cc2=O)cc1. The highest BCUT2D eigenvalue weighted by molar-refractivity contribution is 6.31. The number of carbonyl (C=O) groups is 2. The van der Waals surface area contributed by atoms with Crippen LogP contribution < -0.4 is 27.5 Å². The minimum atomic E-state index is -0.949. The molecule has 0 fully saturated rings. The van der Waals surface area contributed by atoms with E-state index in [-0.39, 0.29) is 17.3 Å². The number of amides is 1. The molecule has 3 aromatic carbocycles. The van der Waals surface area contributed by atoms with Crippen molar-refractivity contribution in [3.8, 4) is 11.3 Å². The largest absolute Gasteiger partial charge is 0.465 e. The number of benzene rings is 3. The van der Waals surface area contributed by atoms with E-state index in [1.165, 1.54) is 47.4 Å². The Labute approximate surface area is 245 Å². The quantitative estimate of drug-likeness (QED) is 0.112. The molecule has 4 aromatic rings. The zero-order valence-corrected chi connectivity index (χ0v) is 23.3. The van der Waals surface area contributed by atoms with Crippen molar-refractivity contribution in [2.75, 3.05) is 17.4 Å². The maximum Gasteiger partial charge on any atom is 0.337 e. The summed E-state index contributed by atoms with van der Waals surface area (Å²) in [5.74, 6) is 5.15. The first-order valence-corrected chi connectivity index (χ1v) is 13.0. The summed E-state index contributed by atoms with van der Waals surface area (Å²) in [6.07, 6.45) is 2.82. The van der Waals surface area contributed by atoms with Crippen molar-refractivity contribution in [3.05, 3.63) is 123 Å². The molecule has 1 aromatic heterocycles. The van der Waals surface area contributed by atoms with Crippen molar-refractivity contribution in [3.63, 3.8) is 0 Å². The first kappa shape index (κ1) is 29.3. The average Bonchev–Trinajstić information content (AvgIpc) is 2.96. The van der Waals surface area contributed by atoms with Crippen LogP contribution in [-0.4, -0.2) is 28.5 Å². The highest BCUT2D eigenvalue weighted by Crippen LogP contribution is 2.31. The number of anilines is 2. The lowest BCUT2D eigenvalue weighted by molar-refractivity contribution is -0.119. The Kier molecular flexibility index (Phi) is 9.41. The summed E-state index contributed by atoms with van der Waals surface area (Å²) in [4.78, 5) is 43.2. The Balaban J connectivity index is 1.70. The number of methoxy groups -OCH3 is 1. The van der Waals surface area contributed by atoms with Crippen LogP contribution in [0.25, 0.3) is 11.3 Å². The maximum absolute atomic E-state index is 13.5. The second-order valence-corrected chi connectivity index (χ2v) is 9.74. The molecular formula is C29H26Cl2N6O4. The fourth-order valence-corrected chi connectivity index (χ4v) is 4.40. The van der Waals surface area contributed by atoms with E-state index < -0.39 is 23.5 Å². The summed E-state index contributed by atoms with van der Waals surface area (Å²) in [6, 6.07) is 20.7. The summed E-state index contributed by atoms with van der Waals surface area (Å²) in [5, 5.41) is 4.36. The van der Waals surface area contributed by atoms with E-state index in [1.807, 2.05) is 30.3 Å². The van der Waals surface area contributed by atoms with Crippen LogP contribution in [0.1, 0.15) is 22.0 Å². The number of rotatable bonds is 9. The van der Waals surface area contributed by atoms with Gasteiger partial charge in [0.15, 0.2) is 0 Å². The standard InChI is InChI=1S/C29H26Cl2N6O4/c1-41-29(40)19-7-10-21(11-8-19)35-28(39)25(13-18-5-3-2-4-6-18)36-17-34-23(15-27(36)38)22-14-20(30)9-12-24(22)37(33)16-26(31)32/h2-12,14-17,25H,13,32-33H2,1H3,(H,35,39)/b26-16-.